The number of hydrogen-bond acceptors (Lipinski definition) is 2. The second kappa shape index (κ2) is 5.47. The van der Waals surface area contributed by atoms with Crippen molar-refractivity contribution in [3.8, 4) is 0 Å². The smallest absolute Gasteiger partial charge is 0.395 e. The van der Waals surface area contributed by atoms with Crippen molar-refractivity contribution >= 4 is 5.69 Å². The number of hydrogen-bond donors (Lipinski definition) is 2. The lowest BCUT2D eigenvalue weighted by molar-refractivity contribution is -0.348. The molecule has 114 valence electrons. The summed E-state index contributed by atoms with van der Waals surface area (Å²) in [6.45, 7) is -0.224. The molecule has 0 amide bonds. The van der Waals surface area contributed by atoms with Gasteiger partial charge >= 0.3 is 18.0 Å². The third kappa shape index (κ3) is 2.97. The first-order chi connectivity index (χ1) is 9.04. The molecule has 20 heavy (non-hydrogen) atoms. The zero-order valence-corrected chi connectivity index (χ0v) is 9.82. The van der Waals surface area contributed by atoms with Crippen LogP contribution in [0.4, 0.5) is 36.4 Å². The third-order valence-corrected chi connectivity index (χ3v) is 2.50. The Morgan fingerprint density at radius 3 is 1.65 bits per heavy atom. The third-order valence-electron chi connectivity index (χ3n) is 2.50. The molecule has 0 atom stereocenters. The van der Waals surface area contributed by atoms with Crippen molar-refractivity contribution in [2.45, 2.75) is 18.0 Å². The van der Waals surface area contributed by atoms with Crippen molar-refractivity contribution in [1.82, 2.24) is 0 Å². The monoisotopic (exact) mass is 305 g/mol. The van der Waals surface area contributed by atoms with Crippen LogP contribution in [0.5, 0.6) is 0 Å². The van der Waals surface area contributed by atoms with Gasteiger partial charge in [-0.1, -0.05) is 12.1 Å². The van der Waals surface area contributed by atoms with Crippen molar-refractivity contribution in [1.29, 1.82) is 0 Å². The van der Waals surface area contributed by atoms with Gasteiger partial charge in [0.2, 0.25) is 0 Å². The molecule has 1 aromatic rings. The van der Waals surface area contributed by atoms with Crippen LogP contribution in [0.2, 0.25) is 0 Å². The summed E-state index contributed by atoms with van der Waals surface area (Å²) in [5.41, 5.74) is -6.81. The molecule has 2 N–H and O–H groups in total. The molecule has 2 nitrogen and oxygen atoms in total. The Morgan fingerprint density at radius 1 is 0.850 bits per heavy atom. The van der Waals surface area contributed by atoms with Crippen molar-refractivity contribution in [3.63, 3.8) is 0 Å². The van der Waals surface area contributed by atoms with E-state index in [9.17, 15) is 30.7 Å². The van der Waals surface area contributed by atoms with Crippen molar-refractivity contribution in [3.05, 3.63) is 29.8 Å². The molecule has 0 saturated heterocycles. The lowest BCUT2D eigenvalue weighted by Gasteiger charge is -2.30. The summed E-state index contributed by atoms with van der Waals surface area (Å²) in [5, 5.41) is 11.0. The standard InChI is InChI=1S/C11H10F7NO/c12-9(10(13,14)15,11(16,17)18)7-1-3-8(4-2-7)19-5-6-20/h1-4,19-20H,5-6H2. The number of halogens is 7. The number of aliphatic hydroxyl groups is 1. The van der Waals surface area contributed by atoms with Crippen LogP contribution in [0.15, 0.2) is 24.3 Å². The number of nitrogens with one attached hydrogen (secondary N) is 1. The van der Waals surface area contributed by atoms with E-state index in [0.717, 1.165) is 12.1 Å². The minimum atomic E-state index is -6.12. The topological polar surface area (TPSA) is 32.3 Å². The fourth-order valence-electron chi connectivity index (χ4n) is 1.51. The number of rotatable bonds is 4. The van der Waals surface area contributed by atoms with E-state index < -0.39 is 23.6 Å². The van der Waals surface area contributed by atoms with Gasteiger partial charge in [0.05, 0.1) is 6.61 Å². The molecule has 0 saturated carbocycles. The maximum Gasteiger partial charge on any atom is 0.435 e. The molecule has 0 aromatic heterocycles. The van der Waals surface area contributed by atoms with Gasteiger partial charge in [-0.3, -0.25) is 0 Å². The van der Waals surface area contributed by atoms with Crippen molar-refractivity contribution < 1.29 is 35.8 Å². The molecule has 0 fully saturated rings. The maximum absolute atomic E-state index is 13.6. The van der Waals surface area contributed by atoms with Gasteiger partial charge in [-0.2, -0.15) is 26.3 Å². The summed E-state index contributed by atoms with van der Waals surface area (Å²) in [5.74, 6) is 0. The average molecular weight is 305 g/mol. The van der Waals surface area contributed by atoms with Crippen molar-refractivity contribution in [2.75, 3.05) is 18.5 Å². The van der Waals surface area contributed by atoms with Gasteiger partial charge in [-0.25, -0.2) is 4.39 Å². The molecule has 1 aromatic carbocycles. The summed E-state index contributed by atoms with van der Waals surface area (Å²) in [7, 11) is 0. The first-order valence-corrected chi connectivity index (χ1v) is 5.31. The van der Waals surface area contributed by atoms with E-state index >= 15 is 0 Å². The van der Waals surface area contributed by atoms with Gasteiger partial charge in [0.25, 0.3) is 0 Å². The molecule has 0 spiro atoms. The highest BCUT2D eigenvalue weighted by atomic mass is 19.4. The van der Waals surface area contributed by atoms with Crippen LogP contribution in [0.3, 0.4) is 0 Å². The summed E-state index contributed by atoms with van der Waals surface area (Å²) in [6.07, 6.45) is -12.2. The van der Waals surface area contributed by atoms with E-state index in [1.165, 1.54) is 0 Å². The number of alkyl halides is 7. The van der Waals surface area contributed by atoms with Gasteiger partial charge in [0.1, 0.15) is 0 Å². The highest BCUT2D eigenvalue weighted by Crippen LogP contribution is 2.53. The van der Waals surface area contributed by atoms with Gasteiger partial charge in [0, 0.05) is 17.8 Å². The fourth-order valence-corrected chi connectivity index (χ4v) is 1.51. The normalized spacial score (nSPS) is 13.4. The van der Waals surface area contributed by atoms with E-state index in [1.807, 2.05) is 0 Å². The quantitative estimate of drug-likeness (QED) is 0.836. The second-order valence-electron chi connectivity index (χ2n) is 3.88. The summed E-state index contributed by atoms with van der Waals surface area (Å²) in [6, 6.07) is 2.55. The lowest BCUT2D eigenvalue weighted by atomic mass is 9.94. The maximum atomic E-state index is 13.6. The lowest BCUT2D eigenvalue weighted by Crippen LogP contribution is -2.50. The Kier molecular flexibility index (Phi) is 4.52. The molecular weight excluding hydrogens is 295 g/mol. The van der Waals surface area contributed by atoms with Gasteiger partial charge < -0.3 is 10.4 Å². The molecule has 0 heterocycles. The Balaban J connectivity index is 3.17. The molecule has 0 radical (unpaired) electrons. The SMILES string of the molecule is OCCNc1ccc(C(F)(C(F)(F)F)C(F)(F)F)cc1. The zero-order valence-electron chi connectivity index (χ0n) is 9.82. The highest BCUT2D eigenvalue weighted by molar-refractivity contribution is 5.46. The van der Waals surface area contributed by atoms with Crippen LogP contribution in [0, 0.1) is 0 Å². The van der Waals surface area contributed by atoms with Crippen LogP contribution < -0.4 is 5.32 Å². The Bertz CT molecular complexity index is 424. The fraction of sp³-hybridized carbons (Fsp3) is 0.455. The highest BCUT2D eigenvalue weighted by Gasteiger charge is 2.73. The van der Waals surface area contributed by atoms with E-state index in [0.29, 0.717) is 12.1 Å². The van der Waals surface area contributed by atoms with Crippen LogP contribution in [-0.2, 0) is 5.67 Å². The first-order valence-electron chi connectivity index (χ1n) is 5.31. The summed E-state index contributed by atoms with van der Waals surface area (Å²) < 4.78 is 88.3. The van der Waals surface area contributed by atoms with Crippen LogP contribution >= 0.6 is 0 Å². The van der Waals surface area contributed by atoms with Crippen LogP contribution in [0.25, 0.3) is 0 Å². The van der Waals surface area contributed by atoms with E-state index in [1.54, 1.807) is 0 Å². The predicted octanol–water partition coefficient (Wildman–Crippen LogP) is 3.38. The molecule has 9 heteroatoms. The van der Waals surface area contributed by atoms with Gasteiger partial charge in [0.15, 0.2) is 0 Å². The minimum Gasteiger partial charge on any atom is -0.395 e. The Morgan fingerprint density at radius 2 is 1.30 bits per heavy atom. The van der Waals surface area contributed by atoms with E-state index in [4.69, 9.17) is 5.11 Å². The van der Waals surface area contributed by atoms with Crippen molar-refractivity contribution in [2.24, 2.45) is 0 Å². The first kappa shape index (κ1) is 16.5. The average Bonchev–Trinajstić information content (AvgIpc) is 2.33. The van der Waals surface area contributed by atoms with Crippen LogP contribution in [-0.4, -0.2) is 30.6 Å². The van der Waals surface area contributed by atoms with E-state index in [2.05, 4.69) is 5.32 Å². The largest absolute Gasteiger partial charge is 0.435 e. The molecule has 1 rings (SSSR count). The van der Waals surface area contributed by atoms with Gasteiger partial charge in [-0.15, -0.1) is 0 Å². The summed E-state index contributed by atoms with van der Waals surface area (Å²) >= 11 is 0. The molecule has 0 aliphatic carbocycles. The summed E-state index contributed by atoms with van der Waals surface area (Å²) in [4.78, 5) is 0. The molecule has 0 unspecified atom stereocenters. The minimum absolute atomic E-state index is 0.0542. The van der Waals surface area contributed by atoms with Gasteiger partial charge in [-0.05, 0) is 12.1 Å². The Hall–Kier alpha value is -1.51. The number of benzene rings is 1. The predicted molar refractivity (Wildman–Crippen MR) is 56.9 cm³/mol. The molecule has 0 bridgehead atoms. The zero-order chi connectivity index (χ0) is 15.6. The number of anilines is 1. The molecule has 0 aliphatic heterocycles. The van der Waals surface area contributed by atoms with Crippen LogP contribution in [0.1, 0.15) is 5.56 Å². The Labute approximate surface area is 109 Å². The molecule has 0 aliphatic rings. The number of aliphatic hydroxyl groups excluding tert-OH is 1. The molecular formula is C11H10F7NO. The van der Waals surface area contributed by atoms with E-state index in [-0.39, 0.29) is 18.8 Å². The second-order valence-corrected chi connectivity index (χ2v) is 3.88.